The molecule has 0 spiro atoms. The minimum Gasteiger partial charge on any atom is -0.372 e. The summed E-state index contributed by atoms with van der Waals surface area (Å²) in [5.74, 6) is 0.989. The number of aryl methyl sites for hydroxylation is 1. The van der Waals surface area contributed by atoms with Crippen LogP contribution in [0.1, 0.15) is 30.7 Å². The summed E-state index contributed by atoms with van der Waals surface area (Å²) in [4.78, 5) is 26.6. The molecule has 6 rings (SSSR count). The van der Waals surface area contributed by atoms with Gasteiger partial charge in [0.1, 0.15) is 17.0 Å². The van der Waals surface area contributed by atoms with Gasteiger partial charge in [0, 0.05) is 29.3 Å². The van der Waals surface area contributed by atoms with Crippen molar-refractivity contribution >= 4 is 61.5 Å². The van der Waals surface area contributed by atoms with Crippen LogP contribution < -0.4 is 5.32 Å². The van der Waals surface area contributed by atoms with E-state index in [-0.39, 0.29) is 24.0 Å². The Morgan fingerprint density at radius 3 is 2.91 bits per heavy atom. The maximum Gasteiger partial charge on any atom is 0.226 e. The largest absolute Gasteiger partial charge is 0.372 e. The first-order valence-corrected chi connectivity index (χ1v) is 12.7. The molecule has 1 aromatic carbocycles. The minimum absolute atomic E-state index is 0.000346. The molecule has 4 aromatic rings. The van der Waals surface area contributed by atoms with Crippen LogP contribution >= 0.6 is 22.9 Å². The number of amides is 1. The van der Waals surface area contributed by atoms with Gasteiger partial charge in [0.05, 0.1) is 40.0 Å². The van der Waals surface area contributed by atoms with Crippen LogP contribution in [0.3, 0.4) is 0 Å². The fraction of sp³-hybridized carbons (Fsp3) is 0.417. The van der Waals surface area contributed by atoms with Crippen LogP contribution in [0.25, 0.3) is 21.1 Å². The number of thiophene rings is 1. The summed E-state index contributed by atoms with van der Waals surface area (Å²) in [6.45, 7) is 5.40. The van der Waals surface area contributed by atoms with Crippen molar-refractivity contribution in [2.45, 2.75) is 45.3 Å². The summed E-state index contributed by atoms with van der Waals surface area (Å²) in [6, 6.07) is 3.82. The number of H-pyrrole nitrogens is 1. The zero-order valence-corrected chi connectivity index (χ0v) is 20.5. The molecule has 3 atom stereocenters. The molecule has 0 unspecified atom stereocenters. The number of rotatable bonds is 3. The van der Waals surface area contributed by atoms with Crippen LogP contribution in [0.2, 0.25) is 5.02 Å². The molecular formula is C24H25ClN6O2S. The van der Waals surface area contributed by atoms with Crippen LogP contribution in [0.15, 0.2) is 24.7 Å². The minimum atomic E-state index is 0.000346. The number of halogens is 1. The zero-order valence-electron chi connectivity index (χ0n) is 19.0. The average Bonchev–Trinajstić information content (AvgIpc) is 3.41. The fourth-order valence-electron chi connectivity index (χ4n) is 5.22. The monoisotopic (exact) mass is 496 g/mol. The molecule has 1 saturated heterocycles. The van der Waals surface area contributed by atoms with Gasteiger partial charge in [-0.15, -0.1) is 11.3 Å². The first-order valence-electron chi connectivity index (χ1n) is 11.6. The van der Waals surface area contributed by atoms with E-state index in [2.05, 4.69) is 25.5 Å². The molecule has 1 fully saturated rings. The number of hydrogen-bond donors (Lipinski definition) is 2. The van der Waals surface area contributed by atoms with E-state index in [0.717, 1.165) is 51.9 Å². The average molecular weight is 497 g/mol. The van der Waals surface area contributed by atoms with Gasteiger partial charge >= 0.3 is 0 Å². The Hall–Kier alpha value is -2.75. The van der Waals surface area contributed by atoms with Crippen molar-refractivity contribution in [3.63, 3.8) is 0 Å². The summed E-state index contributed by atoms with van der Waals surface area (Å²) in [5, 5.41) is 13.0. The van der Waals surface area contributed by atoms with Crippen molar-refractivity contribution in [1.29, 1.82) is 0 Å². The number of nitrogens with one attached hydrogen (secondary N) is 2. The van der Waals surface area contributed by atoms with Crippen LogP contribution in [0.5, 0.6) is 0 Å². The molecule has 2 aliphatic rings. The first-order chi connectivity index (χ1) is 16.5. The van der Waals surface area contributed by atoms with Crippen molar-refractivity contribution < 1.29 is 9.53 Å². The Balaban J connectivity index is 1.29. The van der Waals surface area contributed by atoms with Gasteiger partial charge in [0.25, 0.3) is 0 Å². The Kier molecular flexibility index (Phi) is 5.43. The number of carbonyl (C=O) groups excluding carboxylic acids is 1. The molecule has 34 heavy (non-hydrogen) atoms. The summed E-state index contributed by atoms with van der Waals surface area (Å²) < 4.78 is 5.81. The van der Waals surface area contributed by atoms with E-state index in [1.165, 1.54) is 10.4 Å². The van der Waals surface area contributed by atoms with Gasteiger partial charge in [0.15, 0.2) is 0 Å². The van der Waals surface area contributed by atoms with Crippen LogP contribution in [0.4, 0.5) is 11.5 Å². The molecular weight excluding hydrogens is 472 g/mol. The summed E-state index contributed by atoms with van der Waals surface area (Å²) >= 11 is 8.19. The maximum atomic E-state index is 13.3. The van der Waals surface area contributed by atoms with Crippen molar-refractivity contribution in [1.82, 2.24) is 25.1 Å². The topological polar surface area (TPSA) is 96.0 Å². The third-order valence-electron chi connectivity index (χ3n) is 6.71. The molecule has 176 valence electrons. The Labute approximate surface area is 205 Å². The summed E-state index contributed by atoms with van der Waals surface area (Å²) in [5.41, 5.74) is 2.90. The Bertz CT molecular complexity index is 1390. The maximum absolute atomic E-state index is 13.3. The second-order valence-electron chi connectivity index (χ2n) is 9.26. The third-order valence-corrected chi connectivity index (χ3v) is 8.18. The van der Waals surface area contributed by atoms with E-state index >= 15 is 0 Å². The second kappa shape index (κ2) is 8.48. The highest BCUT2D eigenvalue weighted by atomic mass is 35.5. The predicted molar refractivity (Wildman–Crippen MR) is 134 cm³/mol. The molecule has 0 bridgehead atoms. The van der Waals surface area contributed by atoms with Gasteiger partial charge in [0.2, 0.25) is 5.91 Å². The van der Waals surface area contributed by atoms with Crippen molar-refractivity contribution in [3.05, 3.63) is 40.1 Å². The number of nitrogens with zero attached hydrogens (tertiary/aromatic N) is 4. The second-order valence-corrected chi connectivity index (χ2v) is 10.8. The fourth-order valence-corrected chi connectivity index (χ4v) is 6.70. The van der Waals surface area contributed by atoms with Gasteiger partial charge < -0.3 is 15.0 Å². The molecule has 3 aromatic heterocycles. The number of benzene rings is 1. The molecule has 1 aliphatic carbocycles. The Morgan fingerprint density at radius 1 is 1.26 bits per heavy atom. The number of aromatic amines is 1. The van der Waals surface area contributed by atoms with E-state index in [0.29, 0.717) is 18.1 Å². The van der Waals surface area contributed by atoms with Crippen molar-refractivity contribution in [2.75, 3.05) is 18.4 Å². The summed E-state index contributed by atoms with van der Waals surface area (Å²) in [7, 11) is 0. The lowest BCUT2D eigenvalue weighted by Gasteiger charge is -2.37. The number of morpholine rings is 1. The summed E-state index contributed by atoms with van der Waals surface area (Å²) in [6.07, 6.45) is 5.91. The van der Waals surface area contributed by atoms with Crippen LogP contribution in [-0.4, -0.2) is 56.3 Å². The van der Waals surface area contributed by atoms with Gasteiger partial charge in [-0.05, 0) is 50.8 Å². The molecule has 0 saturated carbocycles. The van der Waals surface area contributed by atoms with E-state index in [1.54, 1.807) is 23.9 Å². The quantitative estimate of drug-likeness (QED) is 0.426. The number of aromatic nitrogens is 4. The van der Waals surface area contributed by atoms with Gasteiger partial charge in [-0.25, -0.2) is 9.97 Å². The molecule has 0 radical (unpaired) electrons. The SMILES string of the molecule is C[C@H]1CN(C(=O)[C@H]2CCc3c(sc4ncnc(Nc5cc6cn[nH]c6cc5Cl)c34)C2)C[C@H](C)O1. The third kappa shape index (κ3) is 3.81. The molecule has 1 aliphatic heterocycles. The molecule has 2 N–H and O–H groups in total. The van der Waals surface area contributed by atoms with E-state index in [4.69, 9.17) is 16.3 Å². The molecule has 10 heteroatoms. The van der Waals surface area contributed by atoms with E-state index < -0.39 is 0 Å². The normalized spacial score (nSPS) is 22.8. The highest BCUT2D eigenvalue weighted by molar-refractivity contribution is 7.19. The number of ether oxygens (including phenoxy) is 1. The molecule has 1 amide bonds. The van der Waals surface area contributed by atoms with Gasteiger partial charge in [-0.3, -0.25) is 9.89 Å². The lowest BCUT2D eigenvalue weighted by Crippen LogP contribution is -2.50. The lowest BCUT2D eigenvalue weighted by molar-refractivity contribution is -0.147. The van der Waals surface area contributed by atoms with E-state index in [1.807, 2.05) is 30.9 Å². The number of fused-ring (bicyclic) bond motifs is 4. The number of carbonyl (C=O) groups is 1. The standard InChI is InChI=1S/C24H25ClN6O2S/c1-12-9-31(10-13(2)33-12)24(32)14-3-4-16-20(6-14)34-23-21(16)22(26-11-27-23)29-19-5-15-8-28-30-18(15)7-17(19)25/h5,7-8,11-14H,3-4,6,9-10H2,1-2H3,(H,28,30)(H,26,27,29)/t12-,13-,14-/m0/s1. The predicted octanol–water partition coefficient (Wildman–Crippen LogP) is 4.71. The molecule has 8 nitrogen and oxygen atoms in total. The lowest BCUT2D eigenvalue weighted by atomic mass is 9.86. The van der Waals surface area contributed by atoms with Crippen molar-refractivity contribution in [2.24, 2.45) is 5.92 Å². The first kappa shape index (κ1) is 21.8. The highest BCUT2D eigenvalue weighted by Gasteiger charge is 2.34. The van der Waals surface area contributed by atoms with E-state index in [9.17, 15) is 4.79 Å². The van der Waals surface area contributed by atoms with Crippen LogP contribution in [-0.2, 0) is 22.4 Å². The molecule has 4 heterocycles. The number of hydrogen-bond acceptors (Lipinski definition) is 7. The van der Waals surface area contributed by atoms with Crippen LogP contribution in [0, 0.1) is 5.92 Å². The Morgan fingerprint density at radius 2 is 2.09 bits per heavy atom. The van der Waals surface area contributed by atoms with Gasteiger partial charge in [-0.1, -0.05) is 11.6 Å². The zero-order chi connectivity index (χ0) is 23.4. The van der Waals surface area contributed by atoms with Crippen molar-refractivity contribution in [3.8, 4) is 0 Å². The smallest absolute Gasteiger partial charge is 0.226 e. The highest BCUT2D eigenvalue weighted by Crippen LogP contribution is 2.41. The van der Waals surface area contributed by atoms with Gasteiger partial charge in [-0.2, -0.15) is 5.10 Å². The number of anilines is 2.